The third-order valence-electron chi connectivity index (χ3n) is 6.79. The minimum absolute atomic E-state index is 0.120. The van der Waals surface area contributed by atoms with Crippen LogP contribution in [0.3, 0.4) is 0 Å². The first-order valence-electron chi connectivity index (χ1n) is 13.6. The van der Waals surface area contributed by atoms with Crippen molar-refractivity contribution in [2.75, 3.05) is 6.54 Å². The van der Waals surface area contributed by atoms with E-state index in [1.807, 2.05) is 0 Å². The fourth-order valence-corrected chi connectivity index (χ4v) is 3.89. The number of unbranched alkanes of at least 4 members (excludes halogenated alkanes) is 13. The van der Waals surface area contributed by atoms with Gasteiger partial charge in [-0.1, -0.05) is 117 Å². The van der Waals surface area contributed by atoms with E-state index in [1.54, 1.807) is 0 Å². The summed E-state index contributed by atoms with van der Waals surface area (Å²) in [5.74, 6) is 0.522. The van der Waals surface area contributed by atoms with Crippen LogP contribution in [0.25, 0.3) is 0 Å². The Morgan fingerprint density at radius 1 is 0.742 bits per heavy atom. The van der Waals surface area contributed by atoms with Gasteiger partial charge in [-0.25, -0.2) is 5.43 Å². The van der Waals surface area contributed by atoms with Gasteiger partial charge in [-0.2, -0.15) is 0 Å². The highest BCUT2D eigenvalue weighted by Crippen LogP contribution is 2.31. The van der Waals surface area contributed by atoms with Gasteiger partial charge in [0.05, 0.1) is 0 Å². The van der Waals surface area contributed by atoms with Gasteiger partial charge in [0, 0.05) is 12.0 Å². The van der Waals surface area contributed by atoms with Crippen LogP contribution in [-0.4, -0.2) is 12.5 Å². The summed E-state index contributed by atoms with van der Waals surface area (Å²) >= 11 is 0. The third kappa shape index (κ3) is 17.4. The van der Waals surface area contributed by atoms with Crippen molar-refractivity contribution in [1.29, 1.82) is 0 Å². The van der Waals surface area contributed by atoms with Crippen molar-refractivity contribution < 1.29 is 4.79 Å². The lowest BCUT2D eigenvalue weighted by atomic mass is 9.76. The minimum atomic E-state index is -0.316. The summed E-state index contributed by atoms with van der Waals surface area (Å²) in [5, 5.41) is 0. The van der Waals surface area contributed by atoms with Gasteiger partial charge in [-0.15, -0.1) is 0 Å². The number of hydrogen-bond acceptors (Lipinski definition) is 2. The first kappa shape index (κ1) is 30.2. The number of rotatable bonds is 22. The molecule has 0 aliphatic carbocycles. The minimum Gasteiger partial charge on any atom is -0.291 e. The van der Waals surface area contributed by atoms with Crippen molar-refractivity contribution in [3.8, 4) is 0 Å². The zero-order chi connectivity index (χ0) is 23.2. The Labute approximate surface area is 195 Å². The first-order chi connectivity index (χ1) is 15.0. The smallest absolute Gasteiger partial charge is 0.239 e. The van der Waals surface area contributed by atoms with E-state index in [9.17, 15) is 4.79 Å². The van der Waals surface area contributed by atoms with Crippen LogP contribution in [0, 0.1) is 11.3 Å². The van der Waals surface area contributed by atoms with Gasteiger partial charge in [-0.3, -0.25) is 10.2 Å². The van der Waals surface area contributed by atoms with Gasteiger partial charge >= 0.3 is 0 Å². The van der Waals surface area contributed by atoms with Gasteiger partial charge in [0.25, 0.3) is 0 Å². The number of hydrogen-bond donors (Lipinski definition) is 2. The molecular weight excluding hydrogens is 380 g/mol. The molecule has 1 amide bonds. The number of amides is 1. The average molecular weight is 437 g/mol. The lowest BCUT2D eigenvalue weighted by Crippen LogP contribution is -2.47. The molecule has 31 heavy (non-hydrogen) atoms. The quantitative estimate of drug-likeness (QED) is 0.101. The molecule has 2 N–H and O–H groups in total. The largest absolute Gasteiger partial charge is 0.291 e. The molecule has 0 bridgehead atoms. The van der Waals surface area contributed by atoms with E-state index in [4.69, 9.17) is 0 Å². The Morgan fingerprint density at radius 2 is 1.23 bits per heavy atom. The topological polar surface area (TPSA) is 41.1 Å². The molecular formula is C28H56N2O. The van der Waals surface area contributed by atoms with Gasteiger partial charge in [0.1, 0.15) is 0 Å². The van der Waals surface area contributed by atoms with Crippen molar-refractivity contribution in [3.05, 3.63) is 12.2 Å². The summed E-state index contributed by atoms with van der Waals surface area (Å²) in [7, 11) is 0. The maximum atomic E-state index is 12.4. The van der Waals surface area contributed by atoms with E-state index in [0.29, 0.717) is 5.92 Å². The molecule has 0 heterocycles. The Kier molecular flexibility index (Phi) is 20.5. The summed E-state index contributed by atoms with van der Waals surface area (Å²) < 4.78 is 0. The monoisotopic (exact) mass is 436 g/mol. The van der Waals surface area contributed by atoms with Crippen molar-refractivity contribution >= 4 is 5.91 Å². The van der Waals surface area contributed by atoms with Crippen LogP contribution in [0.4, 0.5) is 0 Å². The molecule has 0 rings (SSSR count). The summed E-state index contributed by atoms with van der Waals surface area (Å²) in [6.07, 6.45) is 27.2. The fourth-order valence-electron chi connectivity index (χ4n) is 3.89. The molecule has 0 aromatic heterocycles. The second-order valence-electron chi connectivity index (χ2n) is 10.1. The molecule has 0 aromatic rings. The van der Waals surface area contributed by atoms with Crippen molar-refractivity contribution in [3.63, 3.8) is 0 Å². The molecule has 184 valence electrons. The van der Waals surface area contributed by atoms with E-state index < -0.39 is 0 Å². The predicted molar refractivity (Wildman–Crippen MR) is 138 cm³/mol. The molecule has 3 heteroatoms. The molecule has 0 radical (unpaired) electrons. The molecule has 1 atom stereocenters. The molecule has 0 aliphatic rings. The molecule has 3 nitrogen and oxygen atoms in total. The molecule has 0 saturated carbocycles. The molecule has 0 saturated heterocycles. The van der Waals surface area contributed by atoms with Gasteiger partial charge in [-0.05, 0) is 44.4 Å². The summed E-state index contributed by atoms with van der Waals surface area (Å²) in [6.45, 7) is 11.6. The number of allylic oxidation sites excluding steroid dienone is 2. The van der Waals surface area contributed by atoms with Gasteiger partial charge < -0.3 is 0 Å². The lowest BCUT2D eigenvalue weighted by molar-refractivity contribution is -0.133. The summed E-state index contributed by atoms with van der Waals surface area (Å²) in [4.78, 5) is 12.4. The predicted octanol–water partition coefficient (Wildman–Crippen LogP) is 8.50. The highest BCUT2D eigenvalue weighted by atomic mass is 16.2. The van der Waals surface area contributed by atoms with E-state index >= 15 is 0 Å². The lowest BCUT2D eigenvalue weighted by Gasteiger charge is -2.30. The van der Waals surface area contributed by atoms with E-state index in [2.05, 4.69) is 57.6 Å². The first-order valence-corrected chi connectivity index (χ1v) is 13.6. The second kappa shape index (κ2) is 21.0. The number of carbonyl (C=O) groups excluding carboxylic acids is 1. The van der Waals surface area contributed by atoms with Crippen molar-refractivity contribution in [2.45, 2.75) is 144 Å². The van der Waals surface area contributed by atoms with Crippen LogP contribution in [0.1, 0.15) is 144 Å². The van der Waals surface area contributed by atoms with Crippen LogP contribution in [0.15, 0.2) is 12.2 Å². The van der Waals surface area contributed by atoms with Gasteiger partial charge in [0.2, 0.25) is 5.91 Å². The normalized spacial score (nSPS) is 13.1. The molecule has 0 aromatic carbocycles. The van der Waals surface area contributed by atoms with Crippen LogP contribution in [0.5, 0.6) is 0 Å². The van der Waals surface area contributed by atoms with Gasteiger partial charge in [0.15, 0.2) is 0 Å². The fraction of sp³-hybridized carbons (Fsp3) is 0.893. The maximum Gasteiger partial charge on any atom is 0.239 e. The zero-order valence-electron chi connectivity index (χ0n) is 21.9. The standard InChI is InChI=1S/C28H56N2O/c1-6-8-9-10-11-12-13-14-15-16-17-18-19-20-21-22-23-24-26(3)28(4,5)27(31)30-29-25-7-2/h14-15,26,29H,6-13,16-25H2,1-5H3,(H,30,31)/b15-14-. The van der Waals surface area contributed by atoms with E-state index in [0.717, 1.165) is 19.4 Å². The van der Waals surface area contributed by atoms with E-state index in [-0.39, 0.29) is 11.3 Å². The Bertz CT molecular complexity index is 431. The second-order valence-corrected chi connectivity index (χ2v) is 10.1. The van der Waals surface area contributed by atoms with Crippen LogP contribution >= 0.6 is 0 Å². The third-order valence-corrected chi connectivity index (χ3v) is 6.79. The highest BCUT2D eigenvalue weighted by molar-refractivity contribution is 5.81. The Balaban J connectivity index is 3.52. The number of carbonyl (C=O) groups is 1. The summed E-state index contributed by atoms with van der Waals surface area (Å²) in [6, 6.07) is 0. The molecule has 0 spiro atoms. The Hall–Kier alpha value is -0.830. The van der Waals surface area contributed by atoms with Crippen LogP contribution < -0.4 is 10.9 Å². The summed E-state index contributed by atoms with van der Waals surface area (Å²) in [5.41, 5.74) is 5.57. The molecule has 1 unspecified atom stereocenters. The molecule has 0 aliphatic heterocycles. The zero-order valence-corrected chi connectivity index (χ0v) is 21.9. The van der Waals surface area contributed by atoms with Crippen molar-refractivity contribution in [2.24, 2.45) is 11.3 Å². The van der Waals surface area contributed by atoms with Crippen LogP contribution in [0.2, 0.25) is 0 Å². The van der Waals surface area contributed by atoms with Crippen molar-refractivity contribution in [1.82, 2.24) is 10.9 Å². The number of nitrogens with one attached hydrogen (secondary N) is 2. The highest BCUT2D eigenvalue weighted by Gasteiger charge is 2.33. The Morgan fingerprint density at radius 3 is 1.74 bits per heavy atom. The van der Waals surface area contributed by atoms with E-state index in [1.165, 1.54) is 96.3 Å². The van der Waals surface area contributed by atoms with Crippen LogP contribution in [-0.2, 0) is 4.79 Å². The molecule has 0 fully saturated rings. The average Bonchev–Trinajstić information content (AvgIpc) is 2.75. The SMILES string of the molecule is CCCCCCCC/C=C\CCCCCCCCCC(C)C(C)(C)C(=O)NNCCC. The number of hydrazine groups is 1. The maximum absolute atomic E-state index is 12.4.